The van der Waals surface area contributed by atoms with Gasteiger partial charge in [0.2, 0.25) is 0 Å². The molecule has 4 nitrogen and oxygen atoms in total. The third kappa shape index (κ3) is 3.65. The summed E-state index contributed by atoms with van der Waals surface area (Å²) in [6.07, 6.45) is 4.04. The van der Waals surface area contributed by atoms with E-state index in [2.05, 4.69) is 15.6 Å². The number of halogens is 2. The number of carbonyl (C=O) groups is 1. The van der Waals surface area contributed by atoms with Crippen molar-refractivity contribution >= 4 is 40.5 Å². The van der Waals surface area contributed by atoms with E-state index in [0.29, 0.717) is 27.5 Å². The van der Waals surface area contributed by atoms with E-state index >= 15 is 0 Å². The molecule has 1 aliphatic rings. The first-order valence-corrected chi connectivity index (χ1v) is 7.36. The van der Waals surface area contributed by atoms with Crippen molar-refractivity contribution in [2.45, 2.75) is 18.9 Å². The van der Waals surface area contributed by atoms with Crippen LogP contribution in [0, 0.1) is 0 Å². The average Bonchev–Trinajstić information content (AvgIpc) is 3.27. The van der Waals surface area contributed by atoms with Gasteiger partial charge in [-0.1, -0.05) is 23.2 Å². The van der Waals surface area contributed by atoms with Crippen LogP contribution in [0.25, 0.3) is 0 Å². The summed E-state index contributed by atoms with van der Waals surface area (Å²) in [6, 6.07) is 8.98. The van der Waals surface area contributed by atoms with Gasteiger partial charge in [0.05, 0.1) is 22.6 Å². The molecule has 1 aliphatic carbocycles. The Bertz CT molecular complexity index is 669. The van der Waals surface area contributed by atoms with Gasteiger partial charge in [-0.2, -0.15) is 0 Å². The molecule has 1 heterocycles. The van der Waals surface area contributed by atoms with Crippen molar-refractivity contribution in [2.75, 3.05) is 10.6 Å². The summed E-state index contributed by atoms with van der Waals surface area (Å²) >= 11 is 11.9. The number of benzene rings is 1. The fourth-order valence-corrected chi connectivity index (χ4v) is 2.19. The number of nitrogens with zero attached hydrogens (tertiary/aromatic N) is 1. The lowest BCUT2D eigenvalue weighted by atomic mass is 10.2. The van der Waals surface area contributed by atoms with E-state index in [4.69, 9.17) is 23.2 Å². The molecule has 0 aliphatic heterocycles. The molecule has 0 spiro atoms. The predicted octanol–water partition coefficient (Wildman–Crippen LogP) is 4.22. The van der Waals surface area contributed by atoms with Gasteiger partial charge in [-0.25, -0.2) is 4.98 Å². The second kappa shape index (κ2) is 5.92. The van der Waals surface area contributed by atoms with Gasteiger partial charge in [-0.15, -0.1) is 0 Å². The zero-order chi connectivity index (χ0) is 14.8. The van der Waals surface area contributed by atoms with Crippen molar-refractivity contribution < 1.29 is 4.79 Å². The van der Waals surface area contributed by atoms with Gasteiger partial charge in [-0.3, -0.25) is 4.79 Å². The van der Waals surface area contributed by atoms with Crippen molar-refractivity contribution in [1.82, 2.24) is 4.98 Å². The summed E-state index contributed by atoms with van der Waals surface area (Å²) in [7, 11) is 0. The molecular weight excluding hydrogens is 309 g/mol. The number of hydrogen-bond donors (Lipinski definition) is 2. The van der Waals surface area contributed by atoms with Gasteiger partial charge in [0, 0.05) is 11.1 Å². The maximum atomic E-state index is 12.1. The van der Waals surface area contributed by atoms with Crippen LogP contribution in [0.15, 0.2) is 36.5 Å². The lowest BCUT2D eigenvalue weighted by Gasteiger charge is -2.08. The average molecular weight is 322 g/mol. The quantitative estimate of drug-likeness (QED) is 0.886. The Morgan fingerprint density at radius 2 is 2.00 bits per heavy atom. The van der Waals surface area contributed by atoms with Crippen LogP contribution in [0.2, 0.25) is 10.0 Å². The van der Waals surface area contributed by atoms with Gasteiger partial charge in [0.25, 0.3) is 5.91 Å². The SMILES string of the molecule is O=C(Nc1cc(Cl)ccc1Cl)c1ccc(NC2CC2)cn1. The minimum atomic E-state index is -0.322. The molecule has 3 rings (SSSR count). The Kier molecular flexibility index (Phi) is 3.99. The van der Waals surface area contributed by atoms with E-state index in [1.54, 1.807) is 30.5 Å². The molecule has 1 fully saturated rings. The second-order valence-corrected chi connectivity index (χ2v) is 5.77. The summed E-state index contributed by atoms with van der Waals surface area (Å²) in [5, 5.41) is 6.95. The highest BCUT2D eigenvalue weighted by Crippen LogP contribution is 2.26. The number of anilines is 2. The number of aromatic nitrogens is 1. The lowest BCUT2D eigenvalue weighted by molar-refractivity contribution is 0.102. The van der Waals surface area contributed by atoms with E-state index in [-0.39, 0.29) is 5.91 Å². The molecule has 0 unspecified atom stereocenters. The molecular formula is C15H13Cl2N3O. The molecule has 108 valence electrons. The van der Waals surface area contributed by atoms with Crippen LogP contribution in [0.1, 0.15) is 23.3 Å². The maximum Gasteiger partial charge on any atom is 0.274 e. The first-order valence-electron chi connectivity index (χ1n) is 6.61. The number of amides is 1. The topological polar surface area (TPSA) is 54.0 Å². The molecule has 2 N–H and O–H groups in total. The van der Waals surface area contributed by atoms with Crippen molar-refractivity contribution in [2.24, 2.45) is 0 Å². The van der Waals surface area contributed by atoms with Gasteiger partial charge < -0.3 is 10.6 Å². The smallest absolute Gasteiger partial charge is 0.274 e. The van der Waals surface area contributed by atoms with Crippen molar-refractivity contribution in [3.8, 4) is 0 Å². The molecule has 2 aromatic rings. The Morgan fingerprint density at radius 1 is 1.19 bits per heavy atom. The van der Waals surface area contributed by atoms with Crippen molar-refractivity contribution in [1.29, 1.82) is 0 Å². The fourth-order valence-electron chi connectivity index (χ4n) is 1.86. The molecule has 0 atom stereocenters. The van der Waals surface area contributed by atoms with E-state index in [1.807, 2.05) is 6.07 Å². The van der Waals surface area contributed by atoms with E-state index in [9.17, 15) is 4.79 Å². The van der Waals surface area contributed by atoms with E-state index < -0.39 is 0 Å². The van der Waals surface area contributed by atoms with Gasteiger partial charge >= 0.3 is 0 Å². The highest BCUT2D eigenvalue weighted by atomic mass is 35.5. The molecule has 6 heteroatoms. The Hall–Kier alpha value is -1.78. The molecule has 1 amide bonds. The fraction of sp³-hybridized carbons (Fsp3) is 0.200. The third-order valence-corrected chi connectivity index (χ3v) is 3.69. The highest BCUT2D eigenvalue weighted by Gasteiger charge is 2.20. The van der Waals surface area contributed by atoms with Gasteiger partial charge in [0.15, 0.2) is 0 Å². The Morgan fingerprint density at radius 3 is 2.67 bits per heavy atom. The van der Waals surface area contributed by atoms with Crippen LogP contribution in [-0.4, -0.2) is 16.9 Å². The molecule has 1 saturated carbocycles. The number of hydrogen-bond acceptors (Lipinski definition) is 3. The summed E-state index contributed by atoms with van der Waals surface area (Å²) < 4.78 is 0. The maximum absolute atomic E-state index is 12.1. The van der Waals surface area contributed by atoms with Crippen LogP contribution in [0.5, 0.6) is 0 Å². The standard InChI is InChI=1S/C15H13Cl2N3O/c16-9-1-5-12(17)14(7-9)20-15(21)13-6-4-11(8-18-13)19-10-2-3-10/h1,4-8,10,19H,2-3H2,(H,20,21). The highest BCUT2D eigenvalue weighted by molar-refractivity contribution is 6.35. The summed E-state index contributed by atoms with van der Waals surface area (Å²) in [5.41, 5.74) is 1.72. The molecule has 21 heavy (non-hydrogen) atoms. The summed E-state index contributed by atoms with van der Waals surface area (Å²) in [4.78, 5) is 16.3. The van der Waals surface area contributed by atoms with Crippen LogP contribution in [0.4, 0.5) is 11.4 Å². The monoisotopic (exact) mass is 321 g/mol. The third-order valence-electron chi connectivity index (χ3n) is 3.12. The minimum absolute atomic E-state index is 0.322. The molecule has 1 aromatic heterocycles. The largest absolute Gasteiger partial charge is 0.381 e. The molecule has 1 aromatic carbocycles. The first kappa shape index (κ1) is 14.2. The molecule has 0 radical (unpaired) electrons. The number of pyridine rings is 1. The van der Waals surface area contributed by atoms with Crippen LogP contribution in [-0.2, 0) is 0 Å². The van der Waals surface area contributed by atoms with E-state index in [0.717, 1.165) is 5.69 Å². The van der Waals surface area contributed by atoms with Crippen molar-refractivity contribution in [3.05, 3.63) is 52.3 Å². The number of nitrogens with one attached hydrogen (secondary N) is 2. The van der Waals surface area contributed by atoms with Crippen LogP contribution < -0.4 is 10.6 Å². The second-order valence-electron chi connectivity index (χ2n) is 4.93. The zero-order valence-corrected chi connectivity index (χ0v) is 12.6. The lowest BCUT2D eigenvalue weighted by Crippen LogP contribution is -2.14. The zero-order valence-electron chi connectivity index (χ0n) is 11.1. The van der Waals surface area contributed by atoms with E-state index in [1.165, 1.54) is 12.8 Å². The normalized spacial score (nSPS) is 13.8. The van der Waals surface area contributed by atoms with Crippen LogP contribution >= 0.6 is 23.2 Å². The summed E-state index contributed by atoms with van der Waals surface area (Å²) in [6.45, 7) is 0. The van der Waals surface area contributed by atoms with Crippen molar-refractivity contribution in [3.63, 3.8) is 0 Å². The number of carbonyl (C=O) groups excluding carboxylic acids is 1. The predicted molar refractivity (Wildman–Crippen MR) is 85.3 cm³/mol. The van der Waals surface area contributed by atoms with Gasteiger partial charge in [0.1, 0.15) is 5.69 Å². The Balaban J connectivity index is 1.70. The Labute approximate surface area is 132 Å². The van der Waals surface area contributed by atoms with Crippen LogP contribution in [0.3, 0.4) is 0 Å². The molecule has 0 bridgehead atoms. The summed E-state index contributed by atoms with van der Waals surface area (Å²) in [5.74, 6) is -0.322. The number of rotatable bonds is 4. The molecule has 0 saturated heterocycles. The first-order chi connectivity index (χ1) is 10.1. The van der Waals surface area contributed by atoms with Gasteiger partial charge in [-0.05, 0) is 43.2 Å². The minimum Gasteiger partial charge on any atom is -0.381 e.